The highest BCUT2D eigenvalue weighted by Gasteiger charge is 2.34. The molecule has 0 bridgehead atoms. The van der Waals surface area contributed by atoms with E-state index in [1.165, 1.54) is 25.1 Å². The Bertz CT molecular complexity index is 351. The van der Waals surface area contributed by atoms with Crippen LogP contribution in [0.5, 0.6) is 0 Å². The van der Waals surface area contributed by atoms with Gasteiger partial charge in [-0.05, 0) is 37.4 Å². The number of pyridine rings is 1. The summed E-state index contributed by atoms with van der Waals surface area (Å²) in [5.41, 5.74) is 0. The molecule has 0 radical (unpaired) electrons. The molecule has 0 saturated carbocycles. The van der Waals surface area contributed by atoms with Gasteiger partial charge in [0.1, 0.15) is 11.6 Å². The Morgan fingerprint density at radius 3 is 3.06 bits per heavy atom. The van der Waals surface area contributed by atoms with Crippen molar-refractivity contribution in [2.24, 2.45) is 5.92 Å². The van der Waals surface area contributed by atoms with Crippen LogP contribution in [0.25, 0.3) is 0 Å². The van der Waals surface area contributed by atoms with Crippen LogP contribution in [0.2, 0.25) is 0 Å². The number of hydrogen-bond acceptors (Lipinski definition) is 3. The van der Waals surface area contributed by atoms with Gasteiger partial charge in [0.15, 0.2) is 0 Å². The van der Waals surface area contributed by atoms with Crippen LogP contribution in [-0.4, -0.2) is 30.7 Å². The third-order valence-corrected chi connectivity index (χ3v) is 3.64. The van der Waals surface area contributed by atoms with Crippen molar-refractivity contribution < 1.29 is 4.39 Å². The van der Waals surface area contributed by atoms with Crippen LogP contribution in [0.3, 0.4) is 0 Å². The number of rotatable bonds is 1. The van der Waals surface area contributed by atoms with E-state index in [0.29, 0.717) is 6.04 Å². The van der Waals surface area contributed by atoms with Crippen LogP contribution in [0.15, 0.2) is 18.3 Å². The number of nitrogens with one attached hydrogen (secondary N) is 1. The molecule has 2 fully saturated rings. The number of anilines is 1. The zero-order valence-electron chi connectivity index (χ0n) is 9.19. The van der Waals surface area contributed by atoms with E-state index in [1.807, 2.05) is 0 Å². The summed E-state index contributed by atoms with van der Waals surface area (Å²) < 4.78 is 12.8. The van der Waals surface area contributed by atoms with E-state index in [0.717, 1.165) is 31.4 Å². The molecule has 0 aliphatic carbocycles. The second-order valence-electron chi connectivity index (χ2n) is 4.70. The Balaban J connectivity index is 1.75. The second-order valence-corrected chi connectivity index (χ2v) is 4.70. The van der Waals surface area contributed by atoms with E-state index in [1.54, 1.807) is 6.07 Å². The summed E-state index contributed by atoms with van der Waals surface area (Å²) in [4.78, 5) is 6.40. The summed E-state index contributed by atoms with van der Waals surface area (Å²) in [6.07, 6.45) is 3.87. The van der Waals surface area contributed by atoms with Crippen molar-refractivity contribution in [1.82, 2.24) is 10.3 Å². The van der Waals surface area contributed by atoms with Gasteiger partial charge in [0.2, 0.25) is 0 Å². The van der Waals surface area contributed by atoms with Crippen molar-refractivity contribution in [2.45, 2.75) is 18.9 Å². The van der Waals surface area contributed by atoms with Crippen molar-refractivity contribution in [2.75, 3.05) is 24.5 Å². The molecule has 0 aromatic carbocycles. The maximum atomic E-state index is 12.8. The van der Waals surface area contributed by atoms with E-state index in [-0.39, 0.29) is 5.82 Å². The summed E-state index contributed by atoms with van der Waals surface area (Å²) in [5.74, 6) is 1.37. The average molecular weight is 221 g/mol. The van der Waals surface area contributed by atoms with Crippen molar-refractivity contribution >= 4 is 5.82 Å². The SMILES string of the molecule is Fc1ccc(N2C[C@@H]3CCCN[C@@H]3C2)nc1. The highest BCUT2D eigenvalue weighted by atomic mass is 19.1. The normalized spacial score (nSPS) is 29.2. The number of nitrogens with zero attached hydrogens (tertiary/aromatic N) is 2. The van der Waals surface area contributed by atoms with Crippen molar-refractivity contribution in [3.05, 3.63) is 24.1 Å². The lowest BCUT2D eigenvalue weighted by Gasteiger charge is -2.24. The Morgan fingerprint density at radius 2 is 2.31 bits per heavy atom. The topological polar surface area (TPSA) is 28.2 Å². The number of hydrogen-bond donors (Lipinski definition) is 1. The highest BCUT2D eigenvalue weighted by molar-refractivity contribution is 5.40. The summed E-state index contributed by atoms with van der Waals surface area (Å²) in [5, 5.41) is 3.55. The molecular formula is C12H16FN3. The molecule has 2 aliphatic rings. The maximum Gasteiger partial charge on any atom is 0.141 e. The first kappa shape index (κ1) is 10.0. The molecule has 1 aromatic heterocycles. The minimum atomic E-state index is -0.265. The van der Waals surface area contributed by atoms with Crippen LogP contribution in [0, 0.1) is 11.7 Å². The predicted octanol–water partition coefficient (Wildman–Crippen LogP) is 1.41. The Morgan fingerprint density at radius 1 is 1.38 bits per heavy atom. The molecule has 0 spiro atoms. The predicted molar refractivity (Wildman–Crippen MR) is 60.9 cm³/mol. The summed E-state index contributed by atoms with van der Waals surface area (Å²) >= 11 is 0. The lowest BCUT2D eigenvalue weighted by molar-refractivity contribution is 0.340. The van der Waals surface area contributed by atoms with Crippen molar-refractivity contribution in [1.29, 1.82) is 0 Å². The lowest BCUT2D eigenvalue weighted by Crippen LogP contribution is -2.40. The molecule has 1 N–H and O–H groups in total. The molecule has 3 heterocycles. The average Bonchev–Trinajstić information content (AvgIpc) is 2.73. The van der Waals surface area contributed by atoms with Gasteiger partial charge in [0.05, 0.1) is 6.20 Å². The Labute approximate surface area is 94.7 Å². The van der Waals surface area contributed by atoms with Gasteiger partial charge < -0.3 is 10.2 Å². The standard InChI is InChI=1S/C12H16FN3/c13-10-3-4-12(15-6-10)16-7-9-2-1-5-14-11(9)8-16/h3-4,6,9,11,14H,1-2,5,7-8H2/t9-,11+/m0/s1. The molecule has 1 aromatic rings. The maximum absolute atomic E-state index is 12.8. The summed E-state index contributed by atoms with van der Waals surface area (Å²) in [6, 6.07) is 3.85. The van der Waals surface area contributed by atoms with Gasteiger partial charge in [0, 0.05) is 19.1 Å². The molecule has 4 heteroatoms. The van der Waals surface area contributed by atoms with Crippen LogP contribution in [0.4, 0.5) is 10.2 Å². The molecule has 2 aliphatic heterocycles. The van der Waals surface area contributed by atoms with Gasteiger partial charge in [-0.25, -0.2) is 9.37 Å². The molecule has 3 rings (SSSR count). The van der Waals surface area contributed by atoms with Crippen LogP contribution >= 0.6 is 0 Å². The summed E-state index contributed by atoms with van der Waals surface area (Å²) in [6.45, 7) is 3.19. The minimum Gasteiger partial charge on any atom is -0.355 e. The third kappa shape index (κ3) is 1.78. The van der Waals surface area contributed by atoms with Gasteiger partial charge >= 0.3 is 0 Å². The van der Waals surface area contributed by atoms with E-state index in [9.17, 15) is 4.39 Å². The second kappa shape index (κ2) is 4.01. The number of halogens is 1. The Hall–Kier alpha value is -1.16. The smallest absolute Gasteiger partial charge is 0.141 e. The minimum absolute atomic E-state index is 0.265. The van der Waals surface area contributed by atoms with E-state index in [4.69, 9.17) is 0 Å². The molecule has 2 atom stereocenters. The van der Waals surface area contributed by atoms with E-state index >= 15 is 0 Å². The fraction of sp³-hybridized carbons (Fsp3) is 0.583. The van der Waals surface area contributed by atoms with Crippen LogP contribution in [-0.2, 0) is 0 Å². The molecule has 3 nitrogen and oxygen atoms in total. The van der Waals surface area contributed by atoms with E-state index in [2.05, 4.69) is 15.2 Å². The molecule has 86 valence electrons. The first-order valence-electron chi connectivity index (χ1n) is 5.93. The van der Waals surface area contributed by atoms with Gasteiger partial charge in [-0.1, -0.05) is 0 Å². The number of piperidine rings is 1. The fourth-order valence-corrected chi connectivity index (χ4v) is 2.79. The lowest BCUT2D eigenvalue weighted by atomic mass is 9.94. The fourth-order valence-electron chi connectivity index (χ4n) is 2.79. The van der Waals surface area contributed by atoms with Crippen molar-refractivity contribution in [3.8, 4) is 0 Å². The monoisotopic (exact) mass is 221 g/mol. The van der Waals surface area contributed by atoms with Gasteiger partial charge in [-0.2, -0.15) is 0 Å². The highest BCUT2D eigenvalue weighted by Crippen LogP contribution is 2.27. The first-order chi connectivity index (χ1) is 7.83. The molecular weight excluding hydrogens is 205 g/mol. The zero-order valence-corrected chi connectivity index (χ0v) is 9.19. The van der Waals surface area contributed by atoms with E-state index < -0.39 is 0 Å². The van der Waals surface area contributed by atoms with Crippen LogP contribution < -0.4 is 10.2 Å². The van der Waals surface area contributed by atoms with Gasteiger partial charge in [0.25, 0.3) is 0 Å². The van der Waals surface area contributed by atoms with Crippen molar-refractivity contribution in [3.63, 3.8) is 0 Å². The number of aromatic nitrogens is 1. The zero-order chi connectivity index (χ0) is 11.0. The molecule has 2 saturated heterocycles. The third-order valence-electron chi connectivity index (χ3n) is 3.64. The quantitative estimate of drug-likeness (QED) is 0.777. The van der Waals surface area contributed by atoms with Gasteiger partial charge in [-0.15, -0.1) is 0 Å². The van der Waals surface area contributed by atoms with Gasteiger partial charge in [-0.3, -0.25) is 0 Å². The van der Waals surface area contributed by atoms with Crippen LogP contribution in [0.1, 0.15) is 12.8 Å². The first-order valence-corrected chi connectivity index (χ1v) is 5.93. The number of fused-ring (bicyclic) bond motifs is 1. The molecule has 16 heavy (non-hydrogen) atoms. The summed E-state index contributed by atoms with van der Waals surface area (Å²) in [7, 11) is 0. The molecule has 0 unspecified atom stereocenters. The Kier molecular flexibility index (Phi) is 2.52. The molecule has 0 amide bonds. The largest absolute Gasteiger partial charge is 0.355 e.